The third-order valence-corrected chi connectivity index (χ3v) is 4.00. The lowest BCUT2D eigenvalue weighted by atomic mass is 10.2. The van der Waals surface area contributed by atoms with Crippen molar-refractivity contribution < 1.29 is 19.1 Å². The number of nitrogens with zero attached hydrogens (tertiary/aromatic N) is 1. The van der Waals surface area contributed by atoms with E-state index < -0.39 is 5.97 Å². The molecule has 0 saturated carbocycles. The summed E-state index contributed by atoms with van der Waals surface area (Å²) in [7, 11) is 0. The molecule has 0 radical (unpaired) electrons. The average molecular weight is 334 g/mol. The number of carbonyl (C=O) groups is 3. The molecule has 0 aromatic heterocycles. The van der Waals surface area contributed by atoms with Crippen molar-refractivity contribution in [3.63, 3.8) is 0 Å². The molecule has 1 aromatic carbocycles. The Morgan fingerprint density at radius 3 is 2.70 bits per heavy atom. The molecule has 1 heterocycles. The molecule has 1 fully saturated rings. The maximum Gasteiger partial charge on any atom is 0.330 e. The molecule has 1 N–H and O–H groups in total. The Bertz CT molecular complexity index is 613. The minimum atomic E-state index is -0.391. The van der Waals surface area contributed by atoms with Crippen LogP contribution in [-0.4, -0.2) is 47.5 Å². The lowest BCUT2D eigenvalue weighted by Crippen LogP contribution is -2.34. The van der Waals surface area contributed by atoms with Crippen molar-refractivity contribution >= 4 is 41.3 Å². The molecule has 0 spiro atoms. The number of carbonyl (C=O) groups excluding carboxylic acids is 3. The van der Waals surface area contributed by atoms with Crippen LogP contribution in [0.4, 0.5) is 5.69 Å². The minimum Gasteiger partial charge on any atom is -0.463 e. The van der Waals surface area contributed by atoms with Crippen molar-refractivity contribution in [3.05, 3.63) is 35.9 Å². The van der Waals surface area contributed by atoms with Crippen molar-refractivity contribution in [1.82, 2.24) is 4.90 Å². The summed E-state index contributed by atoms with van der Waals surface area (Å²) in [5.74, 6) is 0.372. The van der Waals surface area contributed by atoms with Gasteiger partial charge in [-0.2, -0.15) is 0 Å². The molecule has 0 unspecified atom stereocenters. The Labute approximate surface area is 138 Å². The van der Waals surface area contributed by atoms with Gasteiger partial charge in [0, 0.05) is 11.8 Å². The lowest BCUT2D eigenvalue weighted by Gasteiger charge is -2.14. The summed E-state index contributed by atoms with van der Waals surface area (Å²) < 4.78 is 4.80. The number of rotatable bonds is 6. The average Bonchev–Trinajstić information content (AvgIpc) is 2.92. The molecule has 122 valence electrons. The van der Waals surface area contributed by atoms with Gasteiger partial charge in [-0.05, 0) is 30.7 Å². The molecule has 1 saturated heterocycles. The summed E-state index contributed by atoms with van der Waals surface area (Å²) in [6.45, 7) is 2.15. The van der Waals surface area contributed by atoms with Crippen LogP contribution in [-0.2, 0) is 19.1 Å². The van der Waals surface area contributed by atoms with Gasteiger partial charge in [0.25, 0.3) is 0 Å². The predicted molar refractivity (Wildman–Crippen MR) is 89.8 cm³/mol. The number of thioether (sulfide) groups is 1. The van der Waals surface area contributed by atoms with E-state index in [1.54, 1.807) is 37.3 Å². The first kappa shape index (κ1) is 17.1. The van der Waals surface area contributed by atoms with Gasteiger partial charge in [0.15, 0.2) is 0 Å². The number of ether oxygens (including phenoxy) is 1. The van der Waals surface area contributed by atoms with E-state index in [4.69, 9.17) is 4.74 Å². The molecule has 2 amide bonds. The van der Waals surface area contributed by atoms with Crippen LogP contribution < -0.4 is 5.32 Å². The predicted octanol–water partition coefficient (Wildman–Crippen LogP) is 1.73. The third-order valence-electron chi connectivity index (χ3n) is 3.05. The number of benzene rings is 1. The minimum absolute atomic E-state index is 0.00963. The second-order valence-corrected chi connectivity index (χ2v) is 5.78. The van der Waals surface area contributed by atoms with Crippen LogP contribution in [0.5, 0.6) is 0 Å². The summed E-state index contributed by atoms with van der Waals surface area (Å²) in [6.07, 6.45) is 3.00. The molecule has 1 aromatic rings. The zero-order valence-electron chi connectivity index (χ0n) is 12.8. The fourth-order valence-corrected chi connectivity index (χ4v) is 2.85. The highest BCUT2D eigenvalue weighted by Crippen LogP contribution is 2.15. The van der Waals surface area contributed by atoms with E-state index in [9.17, 15) is 14.4 Å². The Hall–Kier alpha value is -2.28. The Morgan fingerprint density at radius 1 is 1.35 bits per heavy atom. The quantitative estimate of drug-likeness (QED) is 0.633. The van der Waals surface area contributed by atoms with E-state index in [-0.39, 0.29) is 18.4 Å². The van der Waals surface area contributed by atoms with E-state index in [1.165, 1.54) is 22.7 Å². The first-order valence-electron chi connectivity index (χ1n) is 7.18. The number of anilines is 1. The number of hydrogen-bond acceptors (Lipinski definition) is 5. The second-order valence-electron chi connectivity index (χ2n) is 4.82. The summed E-state index contributed by atoms with van der Waals surface area (Å²) >= 11 is 1.50. The van der Waals surface area contributed by atoms with Crippen molar-refractivity contribution in [3.8, 4) is 0 Å². The molecule has 23 heavy (non-hydrogen) atoms. The molecule has 0 aliphatic carbocycles. The van der Waals surface area contributed by atoms with Crippen molar-refractivity contribution in [2.24, 2.45) is 0 Å². The highest BCUT2D eigenvalue weighted by Gasteiger charge is 2.22. The maximum atomic E-state index is 11.9. The van der Waals surface area contributed by atoms with Gasteiger partial charge in [-0.15, -0.1) is 11.8 Å². The molecule has 7 heteroatoms. The Kier molecular flexibility index (Phi) is 6.22. The third kappa shape index (κ3) is 5.45. The standard InChI is InChI=1S/C16H18N2O4S/c1-2-22-16(21)8-5-12-3-6-13(7-4-12)17-14(19)9-18-11-23-10-15(18)20/h3-8H,2,9-11H2,1H3,(H,17,19). The lowest BCUT2D eigenvalue weighted by molar-refractivity contribution is -0.137. The molecule has 1 aliphatic rings. The van der Waals surface area contributed by atoms with E-state index in [1.807, 2.05) is 0 Å². The topological polar surface area (TPSA) is 75.7 Å². The second kappa shape index (κ2) is 8.38. The van der Waals surface area contributed by atoms with Gasteiger partial charge >= 0.3 is 5.97 Å². The zero-order valence-corrected chi connectivity index (χ0v) is 13.6. The number of esters is 1. The Morgan fingerprint density at radius 2 is 2.09 bits per heavy atom. The van der Waals surface area contributed by atoms with Crippen LogP contribution in [0.2, 0.25) is 0 Å². The zero-order chi connectivity index (χ0) is 16.7. The van der Waals surface area contributed by atoms with Crippen molar-refractivity contribution in [1.29, 1.82) is 0 Å². The van der Waals surface area contributed by atoms with Crippen LogP contribution in [0.25, 0.3) is 6.08 Å². The van der Waals surface area contributed by atoms with Crippen LogP contribution in [0.15, 0.2) is 30.3 Å². The first-order valence-corrected chi connectivity index (χ1v) is 8.34. The molecule has 2 rings (SSSR count). The molecule has 6 nitrogen and oxygen atoms in total. The largest absolute Gasteiger partial charge is 0.463 e. The number of hydrogen-bond donors (Lipinski definition) is 1. The monoisotopic (exact) mass is 334 g/mol. The summed E-state index contributed by atoms with van der Waals surface area (Å²) in [6, 6.07) is 7.04. The molecular formula is C16H18N2O4S. The van der Waals surface area contributed by atoms with Gasteiger partial charge in [-0.3, -0.25) is 9.59 Å². The van der Waals surface area contributed by atoms with Gasteiger partial charge in [0.1, 0.15) is 6.54 Å². The van der Waals surface area contributed by atoms with E-state index >= 15 is 0 Å². The maximum absolute atomic E-state index is 11.9. The van der Waals surface area contributed by atoms with Gasteiger partial charge < -0.3 is 15.0 Å². The van der Waals surface area contributed by atoms with Gasteiger partial charge in [-0.1, -0.05) is 12.1 Å². The van der Waals surface area contributed by atoms with Crippen molar-refractivity contribution in [2.45, 2.75) is 6.92 Å². The number of nitrogens with one attached hydrogen (secondary N) is 1. The molecular weight excluding hydrogens is 316 g/mol. The highest BCUT2D eigenvalue weighted by molar-refractivity contribution is 8.00. The van der Waals surface area contributed by atoms with Gasteiger partial charge in [0.2, 0.25) is 11.8 Å². The van der Waals surface area contributed by atoms with Gasteiger partial charge in [0.05, 0.1) is 18.2 Å². The summed E-state index contributed by atoms with van der Waals surface area (Å²) in [5.41, 5.74) is 1.46. The smallest absolute Gasteiger partial charge is 0.330 e. The van der Waals surface area contributed by atoms with Gasteiger partial charge in [-0.25, -0.2) is 4.79 Å². The fraction of sp³-hybridized carbons (Fsp3) is 0.312. The molecule has 0 atom stereocenters. The molecule has 1 aliphatic heterocycles. The summed E-state index contributed by atoms with van der Waals surface area (Å²) in [4.78, 5) is 36.1. The van der Waals surface area contributed by atoms with Crippen LogP contribution in [0.1, 0.15) is 12.5 Å². The fourth-order valence-electron chi connectivity index (χ4n) is 1.95. The van der Waals surface area contributed by atoms with Crippen molar-refractivity contribution in [2.75, 3.05) is 30.1 Å². The van der Waals surface area contributed by atoms with Crippen LogP contribution in [0.3, 0.4) is 0 Å². The van der Waals surface area contributed by atoms with E-state index in [0.29, 0.717) is 23.9 Å². The molecule has 0 bridgehead atoms. The Balaban J connectivity index is 1.85. The summed E-state index contributed by atoms with van der Waals surface area (Å²) in [5, 5.41) is 2.74. The van der Waals surface area contributed by atoms with Crippen LogP contribution in [0, 0.1) is 0 Å². The van der Waals surface area contributed by atoms with Crippen LogP contribution >= 0.6 is 11.8 Å². The highest BCUT2D eigenvalue weighted by atomic mass is 32.2. The van der Waals surface area contributed by atoms with E-state index in [0.717, 1.165) is 5.56 Å². The normalized spacial score (nSPS) is 14.3. The van der Waals surface area contributed by atoms with E-state index in [2.05, 4.69) is 5.32 Å². The number of amides is 2. The SMILES string of the molecule is CCOC(=O)C=Cc1ccc(NC(=O)CN2CSCC2=O)cc1. The first-order chi connectivity index (χ1) is 11.1.